The van der Waals surface area contributed by atoms with Gasteiger partial charge in [0, 0.05) is 39.4 Å². The van der Waals surface area contributed by atoms with Gasteiger partial charge in [-0.15, -0.1) is 0 Å². The topological polar surface area (TPSA) is 67.7 Å². The van der Waals surface area contributed by atoms with Crippen LogP contribution in [0.1, 0.15) is 37.7 Å². The molecule has 0 unspecified atom stereocenters. The molecule has 0 saturated carbocycles. The number of aromatic nitrogens is 2. The van der Waals surface area contributed by atoms with Gasteiger partial charge < -0.3 is 14.5 Å². The van der Waals surface area contributed by atoms with E-state index in [1.54, 1.807) is 33.8 Å². The Morgan fingerprint density at radius 3 is 2.36 bits per heavy atom. The molecule has 1 aliphatic heterocycles. The third-order valence-electron chi connectivity index (χ3n) is 3.37. The van der Waals surface area contributed by atoms with Crippen LogP contribution in [0.3, 0.4) is 0 Å². The number of rotatable bonds is 1. The summed E-state index contributed by atoms with van der Waals surface area (Å²) in [5.74, 6) is -0.0911. The van der Waals surface area contributed by atoms with Crippen molar-refractivity contribution in [3.05, 3.63) is 18.0 Å². The highest BCUT2D eigenvalue weighted by Crippen LogP contribution is 2.13. The third kappa shape index (κ3) is 4.22. The summed E-state index contributed by atoms with van der Waals surface area (Å²) in [6.45, 7) is 7.73. The molecule has 1 aliphatic rings. The van der Waals surface area contributed by atoms with E-state index in [1.165, 1.54) is 0 Å². The van der Waals surface area contributed by atoms with Crippen molar-refractivity contribution in [2.24, 2.45) is 7.05 Å². The molecule has 2 rings (SSSR count). The Labute approximate surface area is 130 Å². The van der Waals surface area contributed by atoms with Gasteiger partial charge >= 0.3 is 6.09 Å². The Balaban J connectivity index is 1.95. The molecule has 1 saturated heterocycles. The minimum absolute atomic E-state index is 0.0911. The predicted molar refractivity (Wildman–Crippen MR) is 81.5 cm³/mol. The molecule has 0 aromatic carbocycles. The number of ether oxygens (including phenoxy) is 1. The fraction of sp³-hybridized carbons (Fsp3) is 0.667. The first-order chi connectivity index (χ1) is 10.3. The predicted octanol–water partition coefficient (Wildman–Crippen LogP) is 1.50. The van der Waals surface area contributed by atoms with E-state index >= 15 is 0 Å². The maximum atomic E-state index is 12.4. The molecular weight excluding hydrogens is 284 g/mol. The lowest BCUT2D eigenvalue weighted by molar-refractivity contribution is 0.0255. The van der Waals surface area contributed by atoms with Gasteiger partial charge in [-0.1, -0.05) is 0 Å². The highest BCUT2D eigenvalue weighted by atomic mass is 16.6. The SMILES string of the molecule is Cn1ccc(C(=O)N2CCCN(C(=O)OC(C)(C)C)CC2)n1. The number of carbonyl (C=O) groups excluding carboxylic acids is 2. The second kappa shape index (κ2) is 6.37. The van der Waals surface area contributed by atoms with Crippen LogP contribution < -0.4 is 0 Å². The van der Waals surface area contributed by atoms with Crippen molar-refractivity contribution in [3.63, 3.8) is 0 Å². The molecule has 0 N–H and O–H groups in total. The standard InChI is InChI=1S/C15H24N4O3/c1-15(2,3)22-14(21)19-8-5-7-18(10-11-19)13(20)12-6-9-17(4)16-12/h6,9H,5,7-8,10-11H2,1-4H3. The molecule has 0 aliphatic carbocycles. The average Bonchev–Trinajstić information content (AvgIpc) is 2.70. The average molecular weight is 308 g/mol. The molecule has 0 bridgehead atoms. The van der Waals surface area contributed by atoms with E-state index in [0.29, 0.717) is 31.9 Å². The Kier molecular flexibility index (Phi) is 4.73. The highest BCUT2D eigenvalue weighted by molar-refractivity contribution is 5.92. The zero-order valence-corrected chi connectivity index (χ0v) is 13.7. The fourth-order valence-corrected chi connectivity index (χ4v) is 2.32. The summed E-state index contributed by atoms with van der Waals surface area (Å²) in [7, 11) is 1.78. The van der Waals surface area contributed by atoms with Crippen molar-refractivity contribution in [2.75, 3.05) is 26.2 Å². The molecule has 0 spiro atoms. The van der Waals surface area contributed by atoms with Crippen LogP contribution in [-0.2, 0) is 11.8 Å². The molecule has 22 heavy (non-hydrogen) atoms. The van der Waals surface area contributed by atoms with E-state index in [1.807, 2.05) is 20.8 Å². The first-order valence-electron chi connectivity index (χ1n) is 7.53. The van der Waals surface area contributed by atoms with Crippen LogP contribution in [0, 0.1) is 0 Å². The monoisotopic (exact) mass is 308 g/mol. The van der Waals surface area contributed by atoms with Crippen LogP contribution >= 0.6 is 0 Å². The first kappa shape index (κ1) is 16.3. The fourth-order valence-electron chi connectivity index (χ4n) is 2.32. The van der Waals surface area contributed by atoms with E-state index < -0.39 is 5.60 Å². The zero-order chi connectivity index (χ0) is 16.3. The summed E-state index contributed by atoms with van der Waals surface area (Å²) in [5, 5.41) is 4.14. The van der Waals surface area contributed by atoms with Gasteiger partial charge in [0.2, 0.25) is 0 Å². The van der Waals surface area contributed by atoms with Crippen molar-refractivity contribution >= 4 is 12.0 Å². The third-order valence-corrected chi connectivity index (χ3v) is 3.37. The van der Waals surface area contributed by atoms with Gasteiger partial charge in [0.05, 0.1) is 0 Å². The lowest BCUT2D eigenvalue weighted by atomic mass is 10.2. The van der Waals surface area contributed by atoms with Crippen LogP contribution in [-0.4, -0.2) is 63.4 Å². The van der Waals surface area contributed by atoms with E-state index in [-0.39, 0.29) is 12.0 Å². The normalized spacial score (nSPS) is 16.4. The second-order valence-corrected chi connectivity index (χ2v) is 6.49. The molecule has 2 amide bonds. The number of amides is 2. The maximum Gasteiger partial charge on any atom is 0.410 e. The Morgan fingerprint density at radius 1 is 1.14 bits per heavy atom. The maximum absolute atomic E-state index is 12.4. The van der Waals surface area contributed by atoms with Crippen LogP contribution in [0.2, 0.25) is 0 Å². The van der Waals surface area contributed by atoms with Gasteiger partial charge in [-0.05, 0) is 33.3 Å². The van der Waals surface area contributed by atoms with Crippen molar-refractivity contribution < 1.29 is 14.3 Å². The van der Waals surface area contributed by atoms with Crippen molar-refractivity contribution in [3.8, 4) is 0 Å². The lowest BCUT2D eigenvalue weighted by Gasteiger charge is -2.26. The molecule has 1 aromatic rings. The number of hydrogen-bond donors (Lipinski definition) is 0. The summed E-state index contributed by atoms with van der Waals surface area (Å²) in [4.78, 5) is 27.9. The lowest BCUT2D eigenvalue weighted by Crippen LogP contribution is -2.40. The minimum Gasteiger partial charge on any atom is -0.444 e. The quantitative estimate of drug-likeness (QED) is 0.788. The van der Waals surface area contributed by atoms with E-state index in [0.717, 1.165) is 6.42 Å². The molecule has 0 atom stereocenters. The summed E-state index contributed by atoms with van der Waals surface area (Å²) >= 11 is 0. The summed E-state index contributed by atoms with van der Waals surface area (Å²) in [6, 6.07) is 1.71. The van der Waals surface area contributed by atoms with E-state index in [4.69, 9.17) is 4.74 Å². The summed E-state index contributed by atoms with van der Waals surface area (Å²) in [6.07, 6.45) is 2.16. The van der Waals surface area contributed by atoms with Crippen LogP contribution in [0.4, 0.5) is 4.79 Å². The van der Waals surface area contributed by atoms with E-state index in [9.17, 15) is 9.59 Å². The number of aryl methyl sites for hydroxylation is 1. The van der Waals surface area contributed by atoms with Crippen LogP contribution in [0.5, 0.6) is 0 Å². The molecule has 7 nitrogen and oxygen atoms in total. The van der Waals surface area contributed by atoms with E-state index in [2.05, 4.69) is 5.10 Å². The van der Waals surface area contributed by atoms with Crippen LogP contribution in [0.15, 0.2) is 12.3 Å². The van der Waals surface area contributed by atoms with Gasteiger partial charge in [-0.25, -0.2) is 4.79 Å². The van der Waals surface area contributed by atoms with Crippen LogP contribution in [0.25, 0.3) is 0 Å². The van der Waals surface area contributed by atoms with Crippen molar-refractivity contribution in [2.45, 2.75) is 32.8 Å². The zero-order valence-electron chi connectivity index (χ0n) is 13.7. The highest BCUT2D eigenvalue weighted by Gasteiger charge is 2.26. The first-order valence-corrected chi connectivity index (χ1v) is 7.53. The number of hydrogen-bond acceptors (Lipinski definition) is 4. The van der Waals surface area contributed by atoms with Gasteiger partial charge in [-0.3, -0.25) is 9.48 Å². The molecule has 7 heteroatoms. The molecule has 0 radical (unpaired) electrons. The molecule has 1 aromatic heterocycles. The smallest absolute Gasteiger partial charge is 0.410 e. The van der Waals surface area contributed by atoms with Crippen molar-refractivity contribution in [1.29, 1.82) is 0 Å². The number of carbonyl (C=O) groups is 2. The number of nitrogens with zero attached hydrogens (tertiary/aromatic N) is 4. The minimum atomic E-state index is -0.507. The van der Waals surface area contributed by atoms with Gasteiger partial charge in [0.25, 0.3) is 5.91 Å². The van der Waals surface area contributed by atoms with Gasteiger partial charge in [0.15, 0.2) is 0 Å². The molecular formula is C15H24N4O3. The summed E-state index contributed by atoms with van der Waals surface area (Å²) in [5.41, 5.74) is -0.0689. The molecule has 2 heterocycles. The Hall–Kier alpha value is -2.05. The van der Waals surface area contributed by atoms with Gasteiger partial charge in [-0.2, -0.15) is 5.10 Å². The largest absolute Gasteiger partial charge is 0.444 e. The Morgan fingerprint density at radius 2 is 1.77 bits per heavy atom. The second-order valence-electron chi connectivity index (χ2n) is 6.49. The molecule has 1 fully saturated rings. The molecule has 122 valence electrons. The summed E-state index contributed by atoms with van der Waals surface area (Å²) < 4.78 is 6.99. The van der Waals surface area contributed by atoms with Gasteiger partial charge in [0.1, 0.15) is 11.3 Å². The Bertz CT molecular complexity index is 547. The van der Waals surface area contributed by atoms with Crippen molar-refractivity contribution in [1.82, 2.24) is 19.6 Å².